The molecule has 0 aliphatic rings. The highest BCUT2D eigenvalue weighted by molar-refractivity contribution is 7.94. The Morgan fingerprint density at radius 3 is 2.28 bits per heavy atom. The molecule has 0 unspecified atom stereocenters. The Kier molecular flexibility index (Phi) is 3.47. The van der Waals surface area contributed by atoms with Crippen molar-refractivity contribution in [1.82, 2.24) is 0 Å². The van der Waals surface area contributed by atoms with Crippen LogP contribution in [0.3, 0.4) is 0 Å². The maximum atomic E-state index is 12.6. The molecule has 0 spiro atoms. The predicted octanol–water partition coefficient (Wildman–Crippen LogP) is 2.53. The highest BCUT2D eigenvalue weighted by atomic mass is 32.2. The van der Waals surface area contributed by atoms with Crippen LogP contribution in [0.25, 0.3) is 0 Å². The molecule has 0 bridgehead atoms. The van der Waals surface area contributed by atoms with Gasteiger partial charge in [0.2, 0.25) is 0 Å². The lowest BCUT2D eigenvalue weighted by Crippen LogP contribution is -2.10. The molecule has 0 saturated carbocycles. The number of nitrogens with zero attached hydrogens (tertiary/aromatic N) is 1. The number of hydrogen-bond donors (Lipinski definition) is 0. The van der Waals surface area contributed by atoms with Crippen LogP contribution in [0.4, 0.5) is 18.9 Å². The molecule has 1 aromatic rings. The first-order chi connectivity index (χ1) is 8.09. The molecule has 0 saturated heterocycles. The summed E-state index contributed by atoms with van der Waals surface area (Å²) in [5, 5.41) is 10.9. The van der Waals surface area contributed by atoms with Gasteiger partial charge in [-0.3, -0.25) is 10.1 Å². The van der Waals surface area contributed by atoms with Gasteiger partial charge < -0.3 is 0 Å². The summed E-state index contributed by atoms with van der Waals surface area (Å²) in [5.41, 5.74) is -2.82. The molecule has 5 nitrogen and oxygen atoms in total. The fraction of sp³-hybridized carbons (Fsp3) is 0.111. The number of sulfone groups is 1. The maximum Gasteiger partial charge on any atom is 0.423 e. The van der Waals surface area contributed by atoms with E-state index in [0.717, 1.165) is 6.07 Å². The first-order valence-electron chi connectivity index (χ1n) is 4.33. The SMILES string of the molecule is C=CS(=O)(=O)c1ccc([N+](=O)[O-])c(C(F)(F)F)c1. The number of nitro groups is 1. The third-order valence-electron chi connectivity index (χ3n) is 2.02. The minimum absolute atomic E-state index is 0.217. The Balaban J connectivity index is 3.60. The molecule has 0 aliphatic carbocycles. The van der Waals surface area contributed by atoms with Crippen molar-refractivity contribution in [1.29, 1.82) is 0 Å². The van der Waals surface area contributed by atoms with E-state index in [1.165, 1.54) is 0 Å². The Hall–Kier alpha value is -1.90. The van der Waals surface area contributed by atoms with E-state index in [0.29, 0.717) is 11.5 Å². The first-order valence-corrected chi connectivity index (χ1v) is 5.87. The van der Waals surface area contributed by atoms with Crippen molar-refractivity contribution >= 4 is 15.5 Å². The second kappa shape index (κ2) is 4.41. The molecule has 9 heteroatoms. The van der Waals surface area contributed by atoms with Crippen LogP contribution in [0, 0.1) is 10.1 Å². The van der Waals surface area contributed by atoms with Gasteiger partial charge in [-0.25, -0.2) is 8.42 Å². The van der Waals surface area contributed by atoms with Crippen molar-refractivity contribution in [3.05, 3.63) is 45.9 Å². The fourth-order valence-corrected chi connectivity index (χ4v) is 1.91. The van der Waals surface area contributed by atoms with Crippen molar-refractivity contribution in [2.45, 2.75) is 11.1 Å². The van der Waals surface area contributed by atoms with E-state index in [2.05, 4.69) is 6.58 Å². The predicted molar refractivity (Wildman–Crippen MR) is 55.5 cm³/mol. The number of alkyl halides is 3. The van der Waals surface area contributed by atoms with Gasteiger partial charge in [-0.1, -0.05) is 6.58 Å². The van der Waals surface area contributed by atoms with Crippen LogP contribution in [-0.2, 0) is 16.0 Å². The average molecular weight is 281 g/mol. The van der Waals surface area contributed by atoms with Crippen LogP contribution in [0.2, 0.25) is 0 Å². The van der Waals surface area contributed by atoms with Gasteiger partial charge in [-0.2, -0.15) is 13.2 Å². The summed E-state index contributed by atoms with van der Waals surface area (Å²) in [4.78, 5) is 8.51. The molecule has 98 valence electrons. The molecule has 0 aromatic heterocycles. The van der Waals surface area contributed by atoms with Crippen molar-refractivity contribution in [3.63, 3.8) is 0 Å². The van der Waals surface area contributed by atoms with Gasteiger partial charge >= 0.3 is 6.18 Å². The van der Waals surface area contributed by atoms with Crippen molar-refractivity contribution < 1.29 is 26.5 Å². The molecule has 0 amide bonds. The summed E-state index contributed by atoms with van der Waals surface area (Å²) in [5.74, 6) is 0. The van der Waals surface area contributed by atoms with Gasteiger partial charge in [-0.05, 0) is 12.1 Å². The lowest BCUT2D eigenvalue weighted by atomic mass is 10.2. The summed E-state index contributed by atoms with van der Waals surface area (Å²) in [6.45, 7) is 2.96. The zero-order chi connectivity index (χ0) is 14.1. The summed E-state index contributed by atoms with van der Waals surface area (Å²) in [6.07, 6.45) is -5.02. The van der Waals surface area contributed by atoms with Gasteiger partial charge in [0.1, 0.15) is 5.56 Å². The van der Waals surface area contributed by atoms with Crippen LogP contribution in [0.1, 0.15) is 5.56 Å². The van der Waals surface area contributed by atoms with Gasteiger partial charge in [-0.15, -0.1) is 0 Å². The number of benzene rings is 1. The Morgan fingerprint density at radius 2 is 1.89 bits per heavy atom. The monoisotopic (exact) mass is 281 g/mol. The van der Waals surface area contributed by atoms with Crippen LogP contribution in [0.15, 0.2) is 35.1 Å². The van der Waals surface area contributed by atoms with E-state index in [1.54, 1.807) is 0 Å². The minimum atomic E-state index is -5.02. The van der Waals surface area contributed by atoms with Crippen LogP contribution >= 0.6 is 0 Å². The van der Waals surface area contributed by atoms with E-state index in [1.807, 2.05) is 0 Å². The number of hydrogen-bond acceptors (Lipinski definition) is 4. The molecule has 0 fully saturated rings. The van der Waals surface area contributed by atoms with Gasteiger partial charge in [0.05, 0.1) is 9.82 Å². The highest BCUT2D eigenvalue weighted by Crippen LogP contribution is 2.37. The quantitative estimate of drug-likeness (QED) is 0.630. The third-order valence-corrected chi connectivity index (χ3v) is 3.37. The first kappa shape index (κ1) is 14.2. The van der Waals surface area contributed by atoms with E-state index in [-0.39, 0.29) is 6.07 Å². The molecule has 0 atom stereocenters. The summed E-state index contributed by atoms with van der Waals surface area (Å²) >= 11 is 0. The van der Waals surface area contributed by atoms with Gasteiger partial charge in [0, 0.05) is 11.5 Å². The lowest BCUT2D eigenvalue weighted by Gasteiger charge is -2.08. The highest BCUT2D eigenvalue weighted by Gasteiger charge is 2.39. The van der Waals surface area contributed by atoms with E-state index < -0.39 is 37.1 Å². The Labute approximate surface area is 99.6 Å². The summed E-state index contributed by atoms with van der Waals surface area (Å²) in [6, 6.07) is 1.44. The van der Waals surface area contributed by atoms with E-state index >= 15 is 0 Å². The fourth-order valence-electron chi connectivity index (χ4n) is 1.17. The standard InChI is InChI=1S/C9H6F3NO4S/c1-2-18(16,17)6-3-4-8(13(14)15)7(5-6)9(10,11)12/h2-5H,1H2. The molecule has 0 aliphatic heterocycles. The van der Waals surface area contributed by atoms with Crippen LogP contribution in [0.5, 0.6) is 0 Å². The number of nitro benzene ring substituents is 1. The smallest absolute Gasteiger partial charge is 0.258 e. The van der Waals surface area contributed by atoms with Crippen LogP contribution < -0.4 is 0 Å². The maximum absolute atomic E-state index is 12.6. The van der Waals surface area contributed by atoms with Crippen molar-refractivity contribution in [2.24, 2.45) is 0 Å². The second-order valence-electron chi connectivity index (χ2n) is 3.15. The Morgan fingerprint density at radius 1 is 1.33 bits per heavy atom. The van der Waals surface area contributed by atoms with Gasteiger partial charge in [0.25, 0.3) is 5.69 Å². The van der Waals surface area contributed by atoms with Crippen LogP contribution in [-0.4, -0.2) is 13.3 Å². The van der Waals surface area contributed by atoms with Crippen molar-refractivity contribution in [2.75, 3.05) is 0 Å². The topological polar surface area (TPSA) is 77.3 Å². The Bertz CT molecular complexity index is 607. The normalized spacial score (nSPS) is 12.2. The van der Waals surface area contributed by atoms with E-state index in [9.17, 15) is 31.7 Å². The summed E-state index contributed by atoms with van der Waals surface area (Å²) in [7, 11) is -4.08. The summed E-state index contributed by atoms with van der Waals surface area (Å²) < 4.78 is 60.3. The average Bonchev–Trinajstić information content (AvgIpc) is 2.27. The molecule has 0 radical (unpaired) electrons. The zero-order valence-corrected chi connectivity index (χ0v) is 9.46. The number of halogens is 3. The molecular formula is C9H6F3NO4S. The largest absolute Gasteiger partial charge is 0.423 e. The molecule has 0 heterocycles. The second-order valence-corrected chi connectivity index (χ2v) is 5.04. The minimum Gasteiger partial charge on any atom is -0.258 e. The van der Waals surface area contributed by atoms with Crippen molar-refractivity contribution in [3.8, 4) is 0 Å². The molecular weight excluding hydrogens is 275 g/mol. The molecule has 1 rings (SSSR count). The zero-order valence-electron chi connectivity index (χ0n) is 8.64. The molecule has 0 N–H and O–H groups in total. The third kappa shape index (κ3) is 2.67. The molecule has 18 heavy (non-hydrogen) atoms. The van der Waals surface area contributed by atoms with E-state index in [4.69, 9.17) is 0 Å². The molecule has 1 aromatic carbocycles. The lowest BCUT2D eigenvalue weighted by molar-refractivity contribution is -0.388. The number of rotatable bonds is 3. The van der Waals surface area contributed by atoms with Gasteiger partial charge in [0.15, 0.2) is 9.84 Å².